The van der Waals surface area contributed by atoms with Crippen molar-refractivity contribution in [3.8, 4) is 0 Å². The van der Waals surface area contributed by atoms with Crippen molar-refractivity contribution in [1.82, 2.24) is 4.90 Å². The standard InChI is InChI=1S/C26H20ClIN2O4/c27-18-8-6-17(7-9-18)24-25(31)29-21-11-10-19(28)13-20(21)26(32)30(24)22(23-14-33-15-34-23)12-16-4-2-1-3-5-16/h1-11,13-14,22,24H,12,15H2,(H,29,31). The van der Waals surface area contributed by atoms with Crippen LogP contribution in [0.15, 0.2) is 84.8 Å². The van der Waals surface area contributed by atoms with Gasteiger partial charge in [0.15, 0.2) is 5.76 Å². The summed E-state index contributed by atoms with van der Waals surface area (Å²) in [6.45, 7) is 0.0644. The van der Waals surface area contributed by atoms with Crippen LogP contribution in [0.25, 0.3) is 0 Å². The van der Waals surface area contributed by atoms with Crippen LogP contribution in [0.2, 0.25) is 5.02 Å². The third-order valence-electron chi connectivity index (χ3n) is 5.85. The van der Waals surface area contributed by atoms with E-state index in [2.05, 4.69) is 27.9 Å². The molecule has 2 atom stereocenters. The molecule has 2 unspecified atom stereocenters. The second kappa shape index (κ2) is 9.68. The normalized spacial score (nSPS) is 18.2. The fourth-order valence-corrected chi connectivity index (χ4v) is 4.88. The zero-order valence-electron chi connectivity index (χ0n) is 17.9. The van der Waals surface area contributed by atoms with Gasteiger partial charge in [0.1, 0.15) is 12.3 Å². The van der Waals surface area contributed by atoms with E-state index in [9.17, 15) is 9.59 Å². The van der Waals surface area contributed by atoms with Gasteiger partial charge in [-0.15, -0.1) is 0 Å². The maximum Gasteiger partial charge on any atom is 0.257 e. The van der Waals surface area contributed by atoms with Crippen molar-refractivity contribution in [1.29, 1.82) is 0 Å². The Morgan fingerprint density at radius 2 is 1.82 bits per heavy atom. The minimum Gasteiger partial charge on any atom is -0.462 e. The Labute approximate surface area is 215 Å². The fraction of sp³-hybridized carbons (Fsp3) is 0.154. The van der Waals surface area contributed by atoms with Gasteiger partial charge in [-0.3, -0.25) is 9.59 Å². The van der Waals surface area contributed by atoms with Gasteiger partial charge >= 0.3 is 0 Å². The molecule has 0 aliphatic carbocycles. The summed E-state index contributed by atoms with van der Waals surface area (Å²) >= 11 is 8.28. The van der Waals surface area contributed by atoms with Crippen molar-refractivity contribution in [2.75, 3.05) is 12.1 Å². The SMILES string of the molecule is O=C1Nc2ccc(I)cc2C(=O)N(C(Cc2ccccc2)C2=COCO2)C1c1ccc(Cl)cc1. The van der Waals surface area contributed by atoms with Gasteiger partial charge in [-0.2, -0.15) is 0 Å². The summed E-state index contributed by atoms with van der Waals surface area (Å²) < 4.78 is 12.0. The van der Waals surface area contributed by atoms with E-state index in [1.165, 1.54) is 6.26 Å². The first-order valence-corrected chi connectivity index (χ1v) is 12.1. The summed E-state index contributed by atoms with van der Waals surface area (Å²) in [5.41, 5.74) is 2.55. The molecule has 1 N–H and O–H groups in total. The molecule has 0 spiro atoms. The first-order chi connectivity index (χ1) is 16.5. The highest BCUT2D eigenvalue weighted by atomic mass is 127. The molecule has 6 nitrogen and oxygen atoms in total. The zero-order chi connectivity index (χ0) is 23.7. The van der Waals surface area contributed by atoms with Crippen LogP contribution in [0.1, 0.15) is 27.5 Å². The van der Waals surface area contributed by atoms with Crippen molar-refractivity contribution in [2.24, 2.45) is 0 Å². The molecule has 0 aromatic heterocycles. The molecule has 172 valence electrons. The van der Waals surface area contributed by atoms with Crippen molar-refractivity contribution in [3.05, 3.63) is 110 Å². The van der Waals surface area contributed by atoms with Crippen LogP contribution in [0.5, 0.6) is 0 Å². The quantitative estimate of drug-likeness (QED) is 0.399. The first-order valence-electron chi connectivity index (χ1n) is 10.7. The fourth-order valence-electron chi connectivity index (χ4n) is 4.27. The molecule has 8 heteroatoms. The molecule has 5 rings (SSSR count). The van der Waals surface area contributed by atoms with Crippen LogP contribution < -0.4 is 5.32 Å². The molecule has 0 bridgehead atoms. The minimum absolute atomic E-state index is 0.0644. The molecule has 34 heavy (non-hydrogen) atoms. The summed E-state index contributed by atoms with van der Waals surface area (Å²) in [5.74, 6) is -0.0876. The molecule has 0 fully saturated rings. The van der Waals surface area contributed by atoms with Gasteiger partial charge < -0.3 is 19.7 Å². The summed E-state index contributed by atoms with van der Waals surface area (Å²) in [5, 5.41) is 3.50. The number of anilines is 1. The number of fused-ring (bicyclic) bond motifs is 1. The average molecular weight is 587 g/mol. The lowest BCUT2D eigenvalue weighted by Crippen LogP contribution is -2.47. The van der Waals surface area contributed by atoms with Gasteiger partial charge in [0.2, 0.25) is 6.79 Å². The van der Waals surface area contributed by atoms with Crippen molar-refractivity contribution in [3.63, 3.8) is 0 Å². The summed E-state index contributed by atoms with van der Waals surface area (Å²) in [6, 6.07) is 20.7. The van der Waals surface area contributed by atoms with E-state index in [1.807, 2.05) is 36.4 Å². The van der Waals surface area contributed by atoms with Crippen LogP contribution in [0.4, 0.5) is 5.69 Å². The molecule has 3 aromatic carbocycles. The molecule has 2 aliphatic heterocycles. The Hall–Kier alpha value is -3.04. The minimum atomic E-state index is -0.909. The number of rotatable bonds is 5. The van der Waals surface area contributed by atoms with E-state index in [1.54, 1.807) is 41.3 Å². The Bertz CT molecular complexity index is 1260. The maximum absolute atomic E-state index is 14.2. The monoisotopic (exact) mass is 586 g/mol. The number of carbonyl (C=O) groups excluding carboxylic acids is 2. The topological polar surface area (TPSA) is 67.9 Å². The van der Waals surface area contributed by atoms with E-state index in [-0.39, 0.29) is 18.6 Å². The molecule has 0 saturated heterocycles. The number of benzene rings is 3. The smallest absolute Gasteiger partial charge is 0.257 e. The Kier molecular flexibility index (Phi) is 6.47. The largest absolute Gasteiger partial charge is 0.462 e. The second-order valence-corrected chi connectivity index (χ2v) is 9.68. The highest BCUT2D eigenvalue weighted by Gasteiger charge is 2.43. The first kappa shape index (κ1) is 22.7. The van der Waals surface area contributed by atoms with Crippen LogP contribution in [0, 0.1) is 3.57 Å². The number of nitrogens with zero attached hydrogens (tertiary/aromatic N) is 1. The maximum atomic E-state index is 14.2. The van der Waals surface area contributed by atoms with Crippen molar-refractivity contribution >= 4 is 51.7 Å². The van der Waals surface area contributed by atoms with Crippen molar-refractivity contribution < 1.29 is 19.1 Å². The average Bonchev–Trinajstić information content (AvgIpc) is 3.35. The number of hydrogen-bond donors (Lipinski definition) is 1. The van der Waals surface area contributed by atoms with Gasteiger partial charge in [-0.25, -0.2) is 0 Å². The Morgan fingerprint density at radius 1 is 1.06 bits per heavy atom. The van der Waals surface area contributed by atoms with E-state index in [0.717, 1.165) is 9.13 Å². The van der Waals surface area contributed by atoms with Crippen LogP contribution >= 0.6 is 34.2 Å². The van der Waals surface area contributed by atoms with Crippen LogP contribution in [-0.2, 0) is 20.7 Å². The second-order valence-electron chi connectivity index (χ2n) is 8.00. The van der Waals surface area contributed by atoms with E-state index in [4.69, 9.17) is 21.1 Å². The lowest BCUT2D eigenvalue weighted by atomic mass is 9.97. The highest BCUT2D eigenvalue weighted by molar-refractivity contribution is 14.1. The molecule has 2 aliphatic rings. The van der Waals surface area contributed by atoms with Gasteiger partial charge in [0.05, 0.1) is 17.3 Å². The van der Waals surface area contributed by atoms with Gasteiger partial charge in [0.25, 0.3) is 11.8 Å². The number of nitrogens with one attached hydrogen (secondary N) is 1. The zero-order valence-corrected chi connectivity index (χ0v) is 20.8. The van der Waals surface area contributed by atoms with E-state index < -0.39 is 12.1 Å². The van der Waals surface area contributed by atoms with Crippen LogP contribution in [0.3, 0.4) is 0 Å². The number of halogens is 2. The molecule has 0 radical (unpaired) electrons. The molecule has 0 saturated carbocycles. The summed E-state index contributed by atoms with van der Waals surface area (Å²) in [4.78, 5) is 29.4. The molecule has 2 amide bonds. The molecule has 2 heterocycles. The predicted molar refractivity (Wildman–Crippen MR) is 137 cm³/mol. The Balaban J connectivity index is 1.68. The molecular weight excluding hydrogens is 567 g/mol. The summed E-state index contributed by atoms with van der Waals surface area (Å²) in [6.07, 6.45) is 1.97. The van der Waals surface area contributed by atoms with Gasteiger partial charge in [-0.05, 0) is 64.0 Å². The van der Waals surface area contributed by atoms with Crippen molar-refractivity contribution in [2.45, 2.75) is 18.5 Å². The number of hydrogen-bond acceptors (Lipinski definition) is 4. The lowest BCUT2D eigenvalue weighted by Gasteiger charge is -2.36. The predicted octanol–water partition coefficient (Wildman–Crippen LogP) is 5.54. The number of ether oxygens (including phenoxy) is 2. The van der Waals surface area contributed by atoms with E-state index in [0.29, 0.717) is 34.0 Å². The number of amides is 2. The molecular formula is C26H20ClIN2O4. The van der Waals surface area contributed by atoms with E-state index >= 15 is 0 Å². The number of carbonyl (C=O) groups is 2. The Morgan fingerprint density at radius 3 is 2.53 bits per heavy atom. The van der Waals surface area contributed by atoms with Gasteiger partial charge in [-0.1, -0.05) is 54.1 Å². The summed E-state index contributed by atoms with van der Waals surface area (Å²) in [7, 11) is 0. The lowest BCUT2D eigenvalue weighted by molar-refractivity contribution is -0.121. The third kappa shape index (κ3) is 4.50. The molecule has 3 aromatic rings. The van der Waals surface area contributed by atoms with Gasteiger partial charge in [0, 0.05) is 15.0 Å². The third-order valence-corrected chi connectivity index (χ3v) is 6.77. The highest BCUT2D eigenvalue weighted by Crippen LogP contribution is 2.37. The van der Waals surface area contributed by atoms with Crippen LogP contribution in [-0.4, -0.2) is 29.5 Å².